The predicted molar refractivity (Wildman–Crippen MR) is 83.6 cm³/mol. The van der Waals surface area contributed by atoms with E-state index in [1.165, 1.54) is 6.07 Å². The number of halogens is 1. The van der Waals surface area contributed by atoms with E-state index in [1.807, 2.05) is 12.1 Å². The maximum Gasteiger partial charge on any atom is 0.127 e. The first-order valence-electron chi connectivity index (χ1n) is 7.90. The van der Waals surface area contributed by atoms with Gasteiger partial charge in [-0.25, -0.2) is 4.39 Å². The first kappa shape index (κ1) is 16.4. The van der Waals surface area contributed by atoms with Crippen LogP contribution in [0.3, 0.4) is 0 Å². The second-order valence-corrected chi connectivity index (χ2v) is 6.38. The average Bonchev–Trinajstić information content (AvgIpc) is 2.43. The summed E-state index contributed by atoms with van der Waals surface area (Å²) in [5.41, 5.74) is 0.748. The zero-order chi connectivity index (χ0) is 15.2. The molecule has 0 bridgehead atoms. The molecule has 4 heteroatoms. The van der Waals surface area contributed by atoms with E-state index in [4.69, 9.17) is 0 Å². The molecule has 0 saturated carbocycles. The zero-order valence-electron chi connectivity index (χ0n) is 13.1. The highest BCUT2D eigenvalue weighted by Gasteiger charge is 2.27. The van der Waals surface area contributed by atoms with Crippen LogP contribution in [0, 0.1) is 11.7 Å². The molecule has 1 fully saturated rings. The van der Waals surface area contributed by atoms with Crippen molar-refractivity contribution >= 4 is 0 Å². The summed E-state index contributed by atoms with van der Waals surface area (Å²) in [6, 6.07) is 7.29. The van der Waals surface area contributed by atoms with Crippen molar-refractivity contribution < 1.29 is 9.50 Å². The Bertz CT molecular complexity index is 439. The van der Waals surface area contributed by atoms with Crippen LogP contribution in [0.15, 0.2) is 24.3 Å². The number of nitrogens with zero attached hydrogens (tertiary/aromatic N) is 2. The molecule has 1 aromatic carbocycles. The highest BCUT2D eigenvalue weighted by molar-refractivity contribution is 5.17. The van der Waals surface area contributed by atoms with Gasteiger partial charge in [-0.1, -0.05) is 32.0 Å². The molecule has 0 radical (unpaired) electrons. The van der Waals surface area contributed by atoms with Crippen molar-refractivity contribution in [1.29, 1.82) is 0 Å². The molecule has 1 heterocycles. The highest BCUT2D eigenvalue weighted by atomic mass is 19.1. The summed E-state index contributed by atoms with van der Waals surface area (Å²) in [5, 5.41) is 9.31. The molecule has 0 aliphatic carbocycles. The van der Waals surface area contributed by atoms with Gasteiger partial charge in [0.05, 0.1) is 0 Å². The quantitative estimate of drug-likeness (QED) is 0.872. The van der Waals surface area contributed by atoms with E-state index in [9.17, 15) is 9.50 Å². The van der Waals surface area contributed by atoms with Gasteiger partial charge in [0, 0.05) is 50.9 Å². The molecule has 118 valence electrons. The molecule has 0 aromatic heterocycles. The molecule has 3 nitrogen and oxygen atoms in total. The van der Waals surface area contributed by atoms with Gasteiger partial charge in [-0.2, -0.15) is 0 Å². The molecular weight excluding hydrogens is 267 g/mol. The van der Waals surface area contributed by atoms with Crippen LogP contribution in [0.4, 0.5) is 4.39 Å². The van der Waals surface area contributed by atoms with Crippen LogP contribution >= 0.6 is 0 Å². The normalized spacial score (nSPS) is 21.1. The minimum absolute atomic E-state index is 0.134. The van der Waals surface area contributed by atoms with Crippen LogP contribution in [-0.4, -0.2) is 53.7 Å². The van der Waals surface area contributed by atoms with Crippen molar-refractivity contribution in [2.45, 2.75) is 32.9 Å². The number of benzene rings is 1. The smallest absolute Gasteiger partial charge is 0.127 e. The second-order valence-electron chi connectivity index (χ2n) is 6.38. The third kappa shape index (κ3) is 4.77. The predicted octanol–water partition coefficient (Wildman–Crippen LogP) is 2.35. The van der Waals surface area contributed by atoms with Crippen LogP contribution in [0.5, 0.6) is 0 Å². The number of hydrogen-bond donors (Lipinski definition) is 1. The van der Waals surface area contributed by atoms with Crippen molar-refractivity contribution in [3.8, 4) is 0 Å². The van der Waals surface area contributed by atoms with Crippen LogP contribution in [0.2, 0.25) is 0 Å². The maximum atomic E-state index is 13.8. The second kappa shape index (κ2) is 7.87. The van der Waals surface area contributed by atoms with Gasteiger partial charge >= 0.3 is 0 Å². The van der Waals surface area contributed by atoms with Gasteiger partial charge in [-0.15, -0.1) is 0 Å². The van der Waals surface area contributed by atoms with Crippen molar-refractivity contribution in [3.63, 3.8) is 0 Å². The number of piperazine rings is 1. The lowest BCUT2D eigenvalue weighted by Gasteiger charge is -2.42. The Morgan fingerprint density at radius 1 is 1.29 bits per heavy atom. The lowest BCUT2D eigenvalue weighted by Crippen LogP contribution is -2.53. The zero-order valence-corrected chi connectivity index (χ0v) is 13.1. The van der Waals surface area contributed by atoms with Gasteiger partial charge in [0.1, 0.15) is 5.82 Å². The summed E-state index contributed by atoms with van der Waals surface area (Å²) in [6.45, 7) is 9.29. The van der Waals surface area contributed by atoms with E-state index in [0.717, 1.165) is 38.2 Å². The Morgan fingerprint density at radius 2 is 2.05 bits per heavy atom. The lowest BCUT2D eigenvalue weighted by molar-refractivity contribution is 0.0477. The first-order chi connectivity index (χ1) is 10.1. The van der Waals surface area contributed by atoms with E-state index in [-0.39, 0.29) is 12.4 Å². The molecule has 0 spiro atoms. The van der Waals surface area contributed by atoms with Crippen molar-refractivity contribution in [1.82, 2.24) is 9.80 Å². The number of aliphatic hydroxyl groups excluding tert-OH is 1. The van der Waals surface area contributed by atoms with Crippen molar-refractivity contribution in [2.75, 3.05) is 32.8 Å². The van der Waals surface area contributed by atoms with Gasteiger partial charge < -0.3 is 10.0 Å². The van der Waals surface area contributed by atoms with Gasteiger partial charge in [0.2, 0.25) is 0 Å². The van der Waals surface area contributed by atoms with Crippen molar-refractivity contribution in [2.24, 2.45) is 5.92 Å². The SMILES string of the molecule is CC(C)CN1CCN(Cc2ccccc2F)[C@@H](CCO)C1. The molecule has 0 amide bonds. The summed E-state index contributed by atoms with van der Waals surface area (Å²) in [7, 11) is 0. The van der Waals surface area contributed by atoms with E-state index >= 15 is 0 Å². The Labute approximate surface area is 127 Å². The van der Waals surface area contributed by atoms with Crippen LogP contribution in [0.1, 0.15) is 25.8 Å². The van der Waals surface area contributed by atoms with E-state index in [2.05, 4.69) is 23.6 Å². The maximum absolute atomic E-state index is 13.8. The molecule has 1 saturated heterocycles. The monoisotopic (exact) mass is 294 g/mol. The first-order valence-corrected chi connectivity index (χ1v) is 7.90. The molecule has 0 unspecified atom stereocenters. The van der Waals surface area contributed by atoms with Gasteiger partial charge in [0.15, 0.2) is 0 Å². The lowest BCUT2D eigenvalue weighted by atomic mass is 10.1. The molecule has 1 aliphatic heterocycles. The van der Waals surface area contributed by atoms with E-state index in [1.54, 1.807) is 6.07 Å². The summed E-state index contributed by atoms with van der Waals surface area (Å²) in [4.78, 5) is 4.77. The Kier molecular flexibility index (Phi) is 6.15. The summed E-state index contributed by atoms with van der Waals surface area (Å²) in [6.07, 6.45) is 0.753. The molecule has 2 rings (SSSR count). The molecule has 21 heavy (non-hydrogen) atoms. The fraction of sp³-hybridized carbons (Fsp3) is 0.647. The molecule has 1 aromatic rings. The highest BCUT2D eigenvalue weighted by Crippen LogP contribution is 2.18. The average molecular weight is 294 g/mol. The Balaban J connectivity index is 2.00. The molecule has 1 N–H and O–H groups in total. The van der Waals surface area contributed by atoms with Gasteiger partial charge in [-0.3, -0.25) is 4.90 Å². The minimum Gasteiger partial charge on any atom is -0.396 e. The van der Waals surface area contributed by atoms with Gasteiger partial charge in [0.25, 0.3) is 0 Å². The third-order valence-electron chi connectivity index (χ3n) is 4.11. The van der Waals surface area contributed by atoms with E-state index < -0.39 is 0 Å². The molecule has 1 aliphatic rings. The van der Waals surface area contributed by atoms with Crippen LogP contribution in [-0.2, 0) is 6.54 Å². The number of hydrogen-bond acceptors (Lipinski definition) is 3. The van der Waals surface area contributed by atoms with Crippen LogP contribution < -0.4 is 0 Å². The minimum atomic E-state index is -0.134. The van der Waals surface area contributed by atoms with Crippen LogP contribution in [0.25, 0.3) is 0 Å². The largest absolute Gasteiger partial charge is 0.396 e. The molecule has 1 atom stereocenters. The topological polar surface area (TPSA) is 26.7 Å². The fourth-order valence-corrected chi connectivity index (χ4v) is 3.12. The van der Waals surface area contributed by atoms with E-state index in [0.29, 0.717) is 18.5 Å². The van der Waals surface area contributed by atoms with Crippen molar-refractivity contribution in [3.05, 3.63) is 35.6 Å². The standard InChI is InChI=1S/C17H27FN2O/c1-14(2)11-19-8-9-20(16(13-19)7-10-21)12-15-5-3-4-6-17(15)18/h3-6,14,16,21H,7-13H2,1-2H3/t16-/m0/s1. The summed E-state index contributed by atoms with van der Waals surface area (Å²) < 4.78 is 13.8. The number of rotatable bonds is 6. The Hall–Kier alpha value is -0.970. The fourth-order valence-electron chi connectivity index (χ4n) is 3.12. The van der Waals surface area contributed by atoms with Gasteiger partial charge in [-0.05, 0) is 18.4 Å². The Morgan fingerprint density at radius 3 is 2.71 bits per heavy atom. The summed E-state index contributed by atoms with van der Waals surface area (Å²) in [5.74, 6) is 0.516. The molecular formula is C17H27FN2O. The number of aliphatic hydroxyl groups is 1. The third-order valence-corrected chi connectivity index (χ3v) is 4.11. The summed E-state index contributed by atoms with van der Waals surface area (Å²) >= 11 is 0.